The van der Waals surface area contributed by atoms with Gasteiger partial charge >= 0.3 is 5.97 Å². The van der Waals surface area contributed by atoms with E-state index in [1.165, 1.54) is 25.7 Å². The number of carboxylic acids is 1. The molecule has 1 fully saturated rings. The Hall–Kier alpha value is -1.97. The second-order valence-electron chi connectivity index (χ2n) is 5.04. The molecule has 0 saturated heterocycles. The van der Waals surface area contributed by atoms with E-state index in [1.54, 1.807) is 25.3 Å². The van der Waals surface area contributed by atoms with Crippen molar-refractivity contribution in [2.24, 2.45) is 5.92 Å². The van der Waals surface area contributed by atoms with Crippen molar-refractivity contribution in [3.63, 3.8) is 0 Å². The summed E-state index contributed by atoms with van der Waals surface area (Å²) in [6.07, 6.45) is 7.67. The van der Waals surface area contributed by atoms with Gasteiger partial charge < -0.3 is 14.6 Å². The summed E-state index contributed by atoms with van der Waals surface area (Å²) in [4.78, 5) is 10.5. The van der Waals surface area contributed by atoms with Crippen LogP contribution in [-0.4, -0.2) is 24.8 Å². The summed E-state index contributed by atoms with van der Waals surface area (Å²) in [5, 5.41) is 8.65. The normalized spacial score (nSPS) is 15.7. The zero-order chi connectivity index (χ0) is 14.4. The molecule has 0 spiro atoms. The first-order valence-electron chi connectivity index (χ1n) is 6.91. The van der Waals surface area contributed by atoms with Crippen molar-refractivity contribution in [2.45, 2.75) is 25.7 Å². The summed E-state index contributed by atoms with van der Waals surface area (Å²) in [6.45, 7) is 0.697. The molecular formula is C16H20O4. The molecule has 1 aliphatic rings. The SMILES string of the molecule is COc1ccc(C=CC(=O)O)cc1OCC1CCCC1. The van der Waals surface area contributed by atoms with Crippen LogP contribution in [0.4, 0.5) is 0 Å². The van der Waals surface area contributed by atoms with Crippen LogP contribution in [0.25, 0.3) is 6.08 Å². The Balaban J connectivity index is 2.07. The van der Waals surface area contributed by atoms with Crippen molar-refractivity contribution in [1.82, 2.24) is 0 Å². The van der Waals surface area contributed by atoms with Gasteiger partial charge in [0.05, 0.1) is 13.7 Å². The largest absolute Gasteiger partial charge is 0.493 e. The minimum atomic E-state index is -0.964. The summed E-state index contributed by atoms with van der Waals surface area (Å²) in [6, 6.07) is 5.42. The fourth-order valence-electron chi connectivity index (χ4n) is 2.46. The summed E-state index contributed by atoms with van der Waals surface area (Å²) in [7, 11) is 1.60. The van der Waals surface area contributed by atoms with Crippen molar-refractivity contribution in [3.05, 3.63) is 29.8 Å². The van der Waals surface area contributed by atoms with Gasteiger partial charge in [0.25, 0.3) is 0 Å². The van der Waals surface area contributed by atoms with Gasteiger partial charge in [-0.05, 0) is 42.5 Å². The van der Waals surface area contributed by atoms with Crippen LogP contribution in [0.3, 0.4) is 0 Å². The molecule has 0 aromatic heterocycles. The van der Waals surface area contributed by atoms with Crippen LogP contribution in [0.5, 0.6) is 11.5 Å². The summed E-state index contributed by atoms with van der Waals surface area (Å²) in [5.41, 5.74) is 0.787. The maximum absolute atomic E-state index is 10.5. The zero-order valence-corrected chi connectivity index (χ0v) is 11.7. The van der Waals surface area contributed by atoms with E-state index in [1.807, 2.05) is 6.07 Å². The van der Waals surface area contributed by atoms with Gasteiger partial charge in [-0.25, -0.2) is 4.79 Å². The molecule has 108 valence electrons. The summed E-state index contributed by atoms with van der Waals surface area (Å²) < 4.78 is 11.1. The summed E-state index contributed by atoms with van der Waals surface area (Å²) >= 11 is 0. The van der Waals surface area contributed by atoms with Gasteiger partial charge in [0.2, 0.25) is 0 Å². The first kappa shape index (κ1) is 14.4. The molecule has 1 saturated carbocycles. The van der Waals surface area contributed by atoms with Gasteiger partial charge in [0, 0.05) is 6.08 Å². The van der Waals surface area contributed by atoms with E-state index in [0.29, 0.717) is 24.0 Å². The number of methoxy groups -OCH3 is 1. The Bertz CT molecular complexity index is 487. The van der Waals surface area contributed by atoms with E-state index in [2.05, 4.69) is 0 Å². The fourth-order valence-corrected chi connectivity index (χ4v) is 2.46. The average Bonchev–Trinajstić information content (AvgIpc) is 2.96. The smallest absolute Gasteiger partial charge is 0.328 e. The van der Waals surface area contributed by atoms with Crippen molar-refractivity contribution in [1.29, 1.82) is 0 Å². The van der Waals surface area contributed by atoms with Crippen LogP contribution >= 0.6 is 0 Å². The van der Waals surface area contributed by atoms with E-state index in [-0.39, 0.29) is 0 Å². The van der Waals surface area contributed by atoms with E-state index in [0.717, 1.165) is 11.6 Å². The van der Waals surface area contributed by atoms with Crippen LogP contribution in [0.15, 0.2) is 24.3 Å². The molecular weight excluding hydrogens is 256 g/mol. The second kappa shape index (κ2) is 6.98. The lowest BCUT2D eigenvalue weighted by atomic mass is 10.1. The van der Waals surface area contributed by atoms with E-state index in [4.69, 9.17) is 14.6 Å². The van der Waals surface area contributed by atoms with Gasteiger partial charge in [-0.2, -0.15) is 0 Å². The highest BCUT2D eigenvalue weighted by Crippen LogP contribution is 2.31. The number of rotatable bonds is 6. The third kappa shape index (κ3) is 4.02. The van der Waals surface area contributed by atoms with Crippen LogP contribution in [0, 0.1) is 5.92 Å². The third-order valence-electron chi connectivity index (χ3n) is 3.56. The molecule has 0 aliphatic heterocycles. The minimum Gasteiger partial charge on any atom is -0.493 e. The van der Waals surface area contributed by atoms with Gasteiger partial charge in [-0.15, -0.1) is 0 Å². The molecule has 0 unspecified atom stereocenters. The Morgan fingerprint density at radius 1 is 1.35 bits per heavy atom. The molecule has 0 heterocycles. The molecule has 20 heavy (non-hydrogen) atoms. The highest BCUT2D eigenvalue weighted by atomic mass is 16.5. The maximum Gasteiger partial charge on any atom is 0.328 e. The molecule has 1 aromatic carbocycles. The van der Waals surface area contributed by atoms with Crippen LogP contribution in [0.1, 0.15) is 31.2 Å². The molecule has 4 heteroatoms. The number of ether oxygens (including phenoxy) is 2. The minimum absolute atomic E-state index is 0.623. The van der Waals surface area contributed by atoms with E-state index < -0.39 is 5.97 Å². The highest BCUT2D eigenvalue weighted by molar-refractivity contribution is 5.85. The second-order valence-corrected chi connectivity index (χ2v) is 5.04. The number of carbonyl (C=O) groups is 1. The molecule has 2 rings (SSSR count). The molecule has 0 radical (unpaired) electrons. The number of aliphatic carboxylic acids is 1. The van der Waals surface area contributed by atoms with Gasteiger partial charge in [0.1, 0.15) is 0 Å². The molecule has 0 atom stereocenters. The van der Waals surface area contributed by atoms with Crippen molar-refractivity contribution in [3.8, 4) is 11.5 Å². The molecule has 0 amide bonds. The van der Waals surface area contributed by atoms with Crippen LogP contribution in [-0.2, 0) is 4.79 Å². The lowest BCUT2D eigenvalue weighted by molar-refractivity contribution is -0.131. The number of hydrogen-bond donors (Lipinski definition) is 1. The Morgan fingerprint density at radius 2 is 2.10 bits per heavy atom. The first-order chi connectivity index (χ1) is 9.69. The molecule has 1 aliphatic carbocycles. The fraction of sp³-hybridized carbons (Fsp3) is 0.438. The average molecular weight is 276 g/mol. The number of hydrogen-bond acceptors (Lipinski definition) is 3. The van der Waals surface area contributed by atoms with Crippen LogP contribution in [0.2, 0.25) is 0 Å². The van der Waals surface area contributed by atoms with Gasteiger partial charge in [0.15, 0.2) is 11.5 Å². The van der Waals surface area contributed by atoms with E-state index in [9.17, 15) is 4.79 Å². The number of benzene rings is 1. The van der Waals surface area contributed by atoms with Crippen molar-refractivity contribution < 1.29 is 19.4 Å². The molecule has 1 N–H and O–H groups in total. The van der Waals surface area contributed by atoms with Gasteiger partial charge in [-0.1, -0.05) is 18.9 Å². The Labute approximate surface area is 119 Å². The summed E-state index contributed by atoms with van der Waals surface area (Å²) in [5.74, 6) is 1.01. The van der Waals surface area contributed by atoms with Gasteiger partial charge in [-0.3, -0.25) is 0 Å². The van der Waals surface area contributed by atoms with E-state index >= 15 is 0 Å². The quantitative estimate of drug-likeness (QED) is 0.809. The molecule has 4 nitrogen and oxygen atoms in total. The third-order valence-corrected chi connectivity index (χ3v) is 3.56. The maximum atomic E-state index is 10.5. The monoisotopic (exact) mass is 276 g/mol. The zero-order valence-electron chi connectivity index (χ0n) is 11.7. The number of carboxylic acid groups (broad SMARTS) is 1. The molecule has 0 bridgehead atoms. The Kier molecular flexibility index (Phi) is 5.04. The predicted molar refractivity (Wildman–Crippen MR) is 77.1 cm³/mol. The molecule has 1 aromatic rings. The van der Waals surface area contributed by atoms with Crippen LogP contribution < -0.4 is 9.47 Å². The lowest BCUT2D eigenvalue weighted by Crippen LogP contribution is -2.08. The standard InChI is InChI=1S/C16H20O4/c1-19-14-8-6-12(7-9-16(17)18)10-15(14)20-11-13-4-2-3-5-13/h6-10,13H,2-5,11H2,1H3,(H,17,18). The topological polar surface area (TPSA) is 55.8 Å². The highest BCUT2D eigenvalue weighted by Gasteiger charge is 2.16. The lowest BCUT2D eigenvalue weighted by Gasteiger charge is -2.14. The predicted octanol–water partition coefficient (Wildman–Crippen LogP) is 3.36. The van der Waals surface area contributed by atoms with Crippen molar-refractivity contribution in [2.75, 3.05) is 13.7 Å². The Morgan fingerprint density at radius 3 is 2.75 bits per heavy atom. The first-order valence-corrected chi connectivity index (χ1v) is 6.91. The van der Waals surface area contributed by atoms with Crippen molar-refractivity contribution >= 4 is 12.0 Å².